The number of aliphatic carboxylic acids is 2. The van der Waals surface area contributed by atoms with E-state index in [1.165, 1.54) is 0 Å². The molecule has 0 bridgehead atoms. The Labute approximate surface area is 115 Å². The van der Waals surface area contributed by atoms with Crippen molar-refractivity contribution in [2.45, 2.75) is 18.1 Å². The molecule has 0 spiro atoms. The Bertz CT molecular complexity index is 520. The summed E-state index contributed by atoms with van der Waals surface area (Å²) >= 11 is 0. The van der Waals surface area contributed by atoms with Gasteiger partial charge in [0, 0.05) is 0 Å². The average Bonchev–Trinajstić information content (AvgIpc) is 2.36. The van der Waals surface area contributed by atoms with Gasteiger partial charge in [0.15, 0.2) is 0 Å². The minimum Gasteiger partial charge on any atom is -0.481 e. The Morgan fingerprint density at radius 1 is 1.21 bits per heavy atom. The van der Waals surface area contributed by atoms with Crippen molar-refractivity contribution in [2.24, 2.45) is 0 Å². The third-order valence-corrected chi connectivity index (χ3v) is 6.31. The van der Waals surface area contributed by atoms with Crippen LogP contribution < -0.4 is 0 Å². The van der Waals surface area contributed by atoms with Crippen molar-refractivity contribution in [2.75, 3.05) is 5.75 Å². The zero-order valence-electron chi connectivity index (χ0n) is 10.1. The highest BCUT2D eigenvalue weighted by Gasteiger charge is 2.21. The molecule has 2 unspecified atom stereocenters. The van der Waals surface area contributed by atoms with Crippen molar-refractivity contribution >= 4 is 31.6 Å². The summed E-state index contributed by atoms with van der Waals surface area (Å²) in [6.07, 6.45) is 0.103. The number of carboxylic acid groups (broad SMARTS) is 2. The maximum absolute atomic E-state index is 11.8. The molecule has 0 fully saturated rings. The van der Waals surface area contributed by atoms with Gasteiger partial charge in [-0.15, -0.1) is 10.3 Å². The Morgan fingerprint density at radius 2 is 1.84 bits per heavy atom. The predicted molar refractivity (Wildman–Crippen MR) is 77.0 cm³/mol. The number of rotatable bonds is 7. The van der Waals surface area contributed by atoms with Gasteiger partial charge >= 0.3 is 11.9 Å². The van der Waals surface area contributed by atoms with Crippen LogP contribution in [0.1, 0.15) is 12.0 Å². The Morgan fingerprint density at radius 3 is 2.37 bits per heavy atom. The van der Waals surface area contributed by atoms with E-state index < -0.39 is 33.0 Å². The monoisotopic (exact) mass is 304 g/mol. The third-order valence-electron chi connectivity index (χ3n) is 2.40. The van der Waals surface area contributed by atoms with Gasteiger partial charge in [-0.2, -0.15) is 0 Å². The zero-order chi connectivity index (χ0) is 14.3. The molecule has 2 atom stereocenters. The van der Waals surface area contributed by atoms with Crippen LogP contribution >= 0.6 is 0 Å². The van der Waals surface area contributed by atoms with E-state index in [9.17, 15) is 13.8 Å². The molecule has 0 saturated carbocycles. The highest BCUT2D eigenvalue weighted by Crippen LogP contribution is 2.02. The number of thiol groups is 2. The van der Waals surface area contributed by atoms with Crippen LogP contribution in [0.5, 0.6) is 0 Å². The van der Waals surface area contributed by atoms with Crippen LogP contribution in [0, 0.1) is 0 Å². The lowest BCUT2D eigenvalue weighted by Crippen LogP contribution is -2.25. The van der Waals surface area contributed by atoms with Crippen LogP contribution in [0.2, 0.25) is 0 Å². The third kappa shape index (κ3) is 5.89. The lowest BCUT2D eigenvalue weighted by atomic mass is 10.2. The summed E-state index contributed by atoms with van der Waals surface area (Å²) in [4.78, 5) is 21.4. The molecule has 1 aromatic rings. The number of aryl methyl sites for hydroxylation is 1. The standard InChI is InChI=1S/C12H16O5S2/c13-11(14)8-10(12(15)16)19(17)18-7-6-9-4-2-1-3-5-9/h1-5,10,18-19H,6-8H2,(H,13,14)(H,15,16). The molecule has 0 aromatic heterocycles. The second-order valence-corrected chi connectivity index (χ2v) is 7.84. The molecule has 0 aliphatic rings. The Kier molecular flexibility index (Phi) is 6.58. The molecule has 0 amide bonds. The lowest BCUT2D eigenvalue weighted by Gasteiger charge is -2.04. The van der Waals surface area contributed by atoms with Crippen LogP contribution in [0.4, 0.5) is 0 Å². The van der Waals surface area contributed by atoms with E-state index >= 15 is 0 Å². The lowest BCUT2D eigenvalue weighted by molar-refractivity contribution is -0.143. The summed E-state index contributed by atoms with van der Waals surface area (Å²) in [6, 6.07) is 9.57. The molecule has 0 heterocycles. The number of carbonyl (C=O) groups is 2. The summed E-state index contributed by atoms with van der Waals surface area (Å²) in [5.41, 5.74) is 1.09. The first kappa shape index (κ1) is 15.7. The van der Waals surface area contributed by atoms with E-state index in [-0.39, 0.29) is 0 Å². The molecule has 7 heteroatoms. The molecule has 1 aromatic carbocycles. The van der Waals surface area contributed by atoms with Crippen LogP contribution in [-0.4, -0.2) is 37.4 Å². The maximum Gasteiger partial charge on any atom is 0.319 e. The molecule has 2 N–H and O–H groups in total. The first-order valence-corrected chi connectivity index (χ1v) is 8.74. The minimum atomic E-state index is -2.07. The maximum atomic E-state index is 11.8. The summed E-state index contributed by atoms with van der Waals surface area (Å²) in [5, 5.41) is 16.1. The highest BCUT2D eigenvalue weighted by molar-refractivity contribution is 8.30. The van der Waals surface area contributed by atoms with Crippen molar-refractivity contribution in [3.8, 4) is 0 Å². The summed E-state index contributed by atoms with van der Waals surface area (Å²) < 4.78 is 11.8. The first-order valence-electron chi connectivity index (χ1n) is 5.63. The predicted octanol–water partition coefficient (Wildman–Crippen LogP) is 0.368. The molecule has 5 nitrogen and oxygen atoms in total. The van der Waals surface area contributed by atoms with Gasteiger partial charge in [0.05, 0.1) is 6.42 Å². The van der Waals surface area contributed by atoms with Crippen LogP contribution in [0.3, 0.4) is 0 Å². The van der Waals surface area contributed by atoms with Gasteiger partial charge in [-0.25, -0.2) is 0 Å². The second kappa shape index (κ2) is 7.96. The van der Waals surface area contributed by atoms with E-state index in [2.05, 4.69) is 0 Å². The van der Waals surface area contributed by atoms with Crippen LogP contribution in [0.15, 0.2) is 30.3 Å². The fraction of sp³-hybridized carbons (Fsp3) is 0.333. The van der Waals surface area contributed by atoms with Crippen molar-refractivity contribution in [3.05, 3.63) is 35.9 Å². The molecule has 1 rings (SSSR count). The van der Waals surface area contributed by atoms with Crippen LogP contribution in [-0.2, 0) is 35.7 Å². The Balaban J connectivity index is 2.62. The van der Waals surface area contributed by atoms with E-state index in [4.69, 9.17) is 10.2 Å². The smallest absolute Gasteiger partial charge is 0.319 e. The van der Waals surface area contributed by atoms with Crippen molar-refractivity contribution in [1.82, 2.24) is 0 Å². The highest BCUT2D eigenvalue weighted by atomic mass is 32.8. The van der Waals surface area contributed by atoms with Gasteiger partial charge < -0.3 is 10.2 Å². The minimum absolute atomic E-state index is 0.492. The quantitative estimate of drug-likeness (QED) is 0.546. The summed E-state index contributed by atoms with van der Waals surface area (Å²) in [7, 11) is -1.58. The summed E-state index contributed by atoms with van der Waals surface area (Å²) in [5.74, 6) is -1.99. The molecule has 0 aliphatic heterocycles. The fourth-order valence-electron chi connectivity index (χ4n) is 1.45. The molecule has 0 aliphatic carbocycles. The number of hydrogen-bond donors (Lipinski definition) is 4. The van der Waals surface area contributed by atoms with Gasteiger partial charge in [-0.05, 0) is 27.1 Å². The van der Waals surface area contributed by atoms with Crippen LogP contribution in [0.25, 0.3) is 0 Å². The number of benzene rings is 1. The molecular formula is C12H16O5S2. The van der Waals surface area contributed by atoms with E-state index in [0.717, 1.165) is 5.56 Å². The molecule has 19 heavy (non-hydrogen) atoms. The zero-order valence-corrected chi connectivity index (χ0v) is 11.9. The number of hydrogen-bond acceptors (Lipinski definition) is 3. The molecular weight excluding hydrogens is 288 g/mol. The van der Waals surface area contributed by atoms with Crippen molar-refractivity contribution in [1.29, 1.82) is 0 Å². The molecule has 106 valence electrons. The van der Waals surface area contributed by atoms with Crippen molar-refractivity contribution in [3.63, 3.8) is 0 Å². The molecule has 0 saturated heterocycles. The van der Waals surface area contributed by atoms with Crippen molar-refractivity contribution < 1.29 is 24.0 Å². The normalized spacial score (nSPS) is 14.3. The number of carboxylic acids is 2. The first-order chi connectivity index (χ1) is 9.00. The topological polar surface area (TPSA) is 91.7 Å². The van der Waals surface area contributed by atoms with Gasteiger partial charge in [-0.1, -0.05) is 30.3 Å². The van der Waals surface area contributed by atoms with Gasteiger partial charge in [0.2, 0.25) is 0 Å². The van der Waals surface area contributed by atoms with Gasteiger partial charge in [-0.3, -0.25) is 13.8 Å². The van der Waals surface area contributed by atoms with E-state index in [1.807, 2.05) is 30.3 Å². The van der Waals surface area contributed by atoms with E-state index in [1.54, 1.807) is 0 Å². The second-order valence-electron chi connectivity index (χ2n) is 3.86. The Hall–Kier alpha value is -1.34. The molecule has 0 radical (unpaired) electrons. The summed E-state index contributed by atoms with van der Waals surface area (Å²) in [6.45, 7) is 0. The van der Waals surface area contributed by atoms with E-state index in [0.29, 0.717) is 22.5 Å². The SMILES string of the molecule is O=C(O)CC(C(=O)O)/[SH](=O)=[SH]/CCc1ccccc1. The fourth-order valence-corrected chi connectivity index (χ4v) is 4.72. The largest absolute Gasteiger partial charge is 0.481 e. The van der Waals surface area contributed by atoms with Gasteiger partial charge in [0.1, 0.15) is 5.25 Å². The van der Waals surface area contributed by atoms with Gasteiger partial charge in [0.25, 0.3) is 0 Å². The average molecular weight is 304 g/mol.